The van der Waals surface area contributed by atoms with E-state index in [-0.39, 0.29) is 0 Å². The monoisotopic (exact) mass is 1430 g/mol. The van der Waals surface area contributed by atoms with Gasteiger partial charge in [-0.1, -0.05) is 443 Å². The molecular weight excluding hydrogens is 1360 g/mol. The van der Waals surface area contributed by atoms with E-state index < -0.39 is 16.1 Å². The topological polar surface area (TPSA) is 25.8 Å². The lowest BCUT2D eigenvalue weighted by atomic mass is 10.00. The molecule has 18 aromatic rings. The van der Waals surface area contributed by atoms with E-state index in [0.717, 1.165) is 83.7 Å². The summed E-state index contributed by atoms with van der Waals surface area (Å²) >= 11 is 0. The molecule has 2 nitrogen and oxygen atoms in total. The van der Waals surface area contributed by atoms with Crippen LogP contribution in [0.2, 0.25) is 0 Å². The number of benzene rings is 17. The van der Waals surface area contributed by atoms with Crippen molar-refractivity contribution >= 4 is 57.6 Å². The number of rotatable bonds is 19. The van der Waals surface area contributed by atoms with Gasteiger partial charge >= 0.3 is 0 Å². The van der Waals surface area contributed by atoms with Crippen molar-refractivity contribution < 1.29 is 0 Å². The molecule has 18 rings (SSSR count). The molecule has 0 aliphatic heterocycles. The number of aromatic nitrogens is 2. The summed E-state index contributed by atoms with van der Waals surface area (Å²) in [5, 5.41) is 9.93. The second-order valence-corrected chi connectivity index (χ2v) is 35.9. The van der Waals surface area contributed by atoms with Crippen LogP contribution in [0.3, 0.4) is 0 Å². The fourth-order valence-corrected chi connectivity index (χ4v) is 25.9. The summed E-state index contributed by atoms with van der Waals surface area (Å²) in [5.41, 5.74) is 22.9. The normalized spacial score (nSPS) is 11.5. The second kappa shape index (κ2) is 30.6. The molecule has 0 bridgehead atoms. The zero-order valence-electron chi connectivity index (χ0n) is 60.8. The summed E-state index contributed by atoms with van der Waals surface area (Å²) in [5.74, 6) is 0.633. The molecule has 110 heavy (non-hydrogen) atoms. The first-order valence-electron chi connectivity index (χ1n) is 37.8. The van der Waals surface area contributed by atoms with Crippen LogP contribution in [0.4, 0.5) is 0 Å². The highest BCUT2D eigenvalue weighted by atomic mass is 28.3. The molecule has 0 saturated carbocycles. The van der Waals surface area contributed by atoms with E-state index in [4.69, 9.17) is 9.97 Å². The molecule has 1 aromatic heterocycles. The van der Waals surface area contributed by atoms with E-state index in [1.807, 2.05) is 0 Å². The van der Waals surface area contributed by atoms with Gasteiger partial charge in [-0.15, -0.1) is 0 Å². The molecule has 0 fully saturated rings. The molecule has 0 aliphatic rings. The van der Waals surface area contributed by atoms with Crippen LogP contribution in [0.25, 0.3) is 123 Å². The maximum Gasteiger partial charge on any atom is 0.179 e. The van der Waals surface area contributed by atoms with Crippen LogP contribution in [0.1, 0.15) is 0 Å². The smallest absolute Gasteiger partial charge is 0.179 e. The van der Waals surface area contributed by atoms with Crippen molar-refractivity contribution in [2.75, 3.05) is 0 Å². The van der Waals surface area contributed by atoms with Crippen molar-refractivity contribution in [3.05, 3.63) is 461 Å². The van der Waals surface area contributed by atoms with Crippen molar-refractivity contribution in [3.8, 4) is 123 Å². The van der Waals surface area contributed by atoms with E-state index in [2.05, 4.69) is 461 Å². The summed E-state index contributed by atoms with van der Waals surface area (Å²) < 4.78 is 0. The molecule has 0 spiro atoms. The van der Waals surface area contributed by atoms with Crippen molar-refractivity contribution in [2.24, 2.45) is 0 Å². The van der Waals surface area contributed by atoms with Gasteiger partial charge in [-0.2, -0.15) is 0 Å². The van der Waals surface area contributed by atoms with Gasteiger partial charge < -0.3 is 0 Å². The Hall–Kier alpha value is -13.7. The van der Waals surface area contributed by atoms with Crippen LogP contribution in [-0.2, 0) is 0 Å². The molecule has 1 heterocycles. The van der Waals surface area contributed by atoms with E-state index in [1.54, 1.807) is 0 Å². The largest absolute Gasteiger partial charge is 0.228 e. The fourth-order valence-electron chi connectivity index (χ4n) is 16.3. The quantitative estimate of drug-likeness (QED) is 0.0596. The zero-order valence-corrected chi connectivity index (χ0v) is 62.8. The molecule has 0 radical (unpaired) electrons. The molecule has 0 atom stereocenters. The predicted octanol–water partition coefficient (Wildman–Crippen LogP) is 21.6. The van der Waals surface area contributed by atoms with Crippen molar-refractivity contribution in [2.45, 2.75) is 0 Å². The summed E-state index contributed by atoms with van der Waals surface area (Å²) in [6, 6.07) is 172. The van der Waals surface area contributed by atoms with Gasteiger partial charge in [0.1, 0.15) is 0 Å². The predicted molar refractivity (Wildman–Crippen MR) is 469 cm³/mol. The van der Waals surface area contributed by atoms with Crippen LogP contribution >= 0.6 is 0 Å². The highest BCUT2D eigenvalue weighted by Crippen LogP contribution is 2.35. The molecule has 4 heteroatoms. The van der Waals surface area contributed by atoms with Crippen LogP contribution in [0, 0.1) is 0 Å². The summed E-state index contributed by atoms with van der Waals surface area (Å²) in [7, 11) is -7.35. The maximum atomic E-state index is 5.99. The van der Waals surface area contributed by atoms with E-state index in [9.17, 15) is 0 Å². The van der Waals surface area contributed by atoms with Crippen LogP contribution in [-0.4, -0.2) is 26.1 Å². The second-order valence-electron chi connectivity index (χ2n) is 28.3. The lowest BCUT2D eigenvalue weighted by molar-refractivity contribution is 1.18. The third-order valence-electron chi connectivity index (χ3n) is 21.9. The first kappa shape index (κ1) is 68.1. The van der Waals surface area contributed by atoms with Crippen molar-refractivity contribution in [3.63, 3.8) is 0 Å². The molecule has 0 saturated heterocycles. The molecule has 0 N–H and O–H groups in total. The van der Waals surface area contributed by atoms with Gasteiger partial charge in [0, 0.05) is 16.7 Å². The molecule has 17 aromatic carbocycles. The van der Waals surface area contributed by atoms with Gasteiger partial charge in [-0.25, -0.2) is 9.97 Å². The minimum atomic E-state index is -3.67. The lowest BCUT2D eigenvalue weighted by Gasteiger charge is -2.39. The van der Waals surface area contributed by atoms with Crippen LogP contribution in [0.15, 0.2) is 461 Å². The molecule has 0 aliphatic carbocycles. The highest BCUT2D eigenvalue weighted by molar-refractivity contribution is 7.22. The Morgan fingerprint density at radius 1 is 0.118 bits per heavy atom. The van der Waals surface area contributed by atoms with E-state index >= 15 is 0 Å². The Labute approximate surface area is 647 Å². The first-order valence-corrected chi connectivity index (χ1v) is 41.8. The Morgan fingerprint density at radius 3 is 0.564 bits per heavy atom. The average Bonchev–Trinajstić information content (AvgIpc) is 0.708. The average molecular weight is 1430 g/mol. The zero-order chi connectivity index (χ0) is 73.5. The number of hydrogen-bond donors (Lipinski definition) is 0. The minimum Gasteiger partial charge on any atom is -0.228 e. The van der Waals surface area contributed by atoms with Gasteiger partial charge in [0.15, 0.2) is 22.0 Å². The third-order valence-corrected chi connectivity index (χ3v) is 31.4. The number of nitrogens with zero attached hydrogens (tertiary/aromatic N) is 2. The van der Waals surface area contributed by atoms with Gasteiger partial charge in [0.25, 0.3) is 0 Å². The minimum absolute atomic E-state index is 0.633. The Morgan fingerprint density at radius 2 is 0.309 bits per heavy atom. The standard InChI is InChI=1S/C106H76N2Si2/c1-9-27-77(28-10-1)85-47-59-96(60-48-85)109(97-61-49-86(50-62-97)78-29-11-2-12-30-78,98-63-51-87(52-64-98)79-31-13-3-14-32-79)102-73-95(105-76-104(93-45-25-43-91(71-93)83-39-21-7-22-40-83)107-106(108-105)94-46-26-44-92(72-94)84-41-23-8-24-42-84)74-103(75-102)110(99-65-53-88(54-66-99)80-33-15-4-16-34-80,100-67-55-89(56-68-100)81-35-17-5-18-36-81)101-69-57-90(58-70-101)82-37-19-6-20-38-82/h1-76H. The highest BCUT2D eigenvalue weighted by Gasteiger charge is 2.47. The Balaban J connectivity index is 0.995. The van der Waals surface area contributed by atoms with E-state index in [0.29, 0.717) is 5.82 Å². The molecule has 0 unspecified atom stereocenters. The van der Waals surface area contributed by atoms with Gasteiger partial charge in [-0.3, -0.25) is 0 Å². The maximum absolute atomic E-state index is 5.99. The lowest BCUT2D eigenvalue weighted by Crippen LogP contribution is -2.78. The Bertz CT molecular complexity index is 5370. The Kier molecular flexibility index (Phi) is 19.0. The van der Waals surface area contributed by atoms with Gasteiger partial charge in [0.2, 0.25) is 0 Å². The fraction of sp³-hybridized carbons (Fsp3) is 0. The van der Waals surface area contributed by atoms with Crippen molar-refractivity contribution in [1.82, 2.24) is 9.97 Å². The summed E-state index contributed by atoms with van der Waals surface area (Å²) in [4.78, 5) is 11.7. The van der Waals surface area contributed by atoms with E-state index in [1.165, 1.54) is 74.9 Å². The first-order chi connectivity index (χ1) is 54.5. The van der Waals surface area contributed by atoms with Crippen LogP contribution in [0.5, 0.6) is 0 Å². The van der Waals surface area contributed by atoms with Gasteiger partial charge in [-0.05, 0) is 149 Å². The SMILES string of the molecule is c1ccc(-c2ccc([Si](c3ccc(-c4ccccc4)cc3)(c3ccc(-c4ccccc4)cc3)c3cc(-c4cc(-c5cccc(-c6ccccc6)c5)nc(-c5cccc(-c6ccccc6)c5)n4)cc([Si](c4ccc(-c5ccccc5)cc4)(c4ccc(-c5ccccc5)cc4)c4ccc(-c5ccccc5)cc4)c3)cc2)cc1. The molecular formula is C106H76N2Si2. The molecule has 0 amide bonds. The summed E-state index contributed by atoms with van der Waals surface area (Å²) in [6.45, 7) is 0. The van der Waals surface area contributed by atoms with Crippen molar-refractivity contribution in [1.29, 1.82) is 0 Å². The summed E-state index contributed by atoms with van der Waals surface area (Å²) in [6.07, 6.45) is 0. The van der Waals surface area contributed by atoms with Gasteiger partial charge in [0.05, 0.1) is 11.4 Å². The van der Waals surface area contributed by atoms with Crippen LogP contribution < -0.4 is 41.5 Å². The third kappa shape index (κ3) is 13.5. The number of hydrogen-bond acceptors (Lipinski definition) is 2. The molecule has 518 valence electrons.